The number of nitrogens with zero attached hydrogens (tertiary/aromatic N) is 1. The standard InChI is InChI=1S/C25H30N2O7/c1-4-31-20(29)9-11-26-24(30)33-19-8-6-16-17-13-15-5-7-18(32-14(2)28)22-21(15)25(16,23(19)34-22)10-12-27(17)3/h5-8,16-17,19,23H,4,9-13H2,1-3H3,(H,26,30)/t16-,17+,19-,23-,25-/m0/s1. The van der Waals surface area contributed by atoms with Crippen LogP contribution in [0.1, 0.15) is 37.8 Å². The van der Waals surface area contributed by atoms with Crippen LogP contribution in [0, 0.1) is 5.92 Å². The molecule has 5 rings (SSSR count). The Morgan fingerprint density at radius 2 is 2.09 bits per heavy atom. The van der Waals surface area contributed by atoms with E-state index < -0.39 is 24.3 Å². The van der Waals surface area contributed by atoms with Crippen LogP contribution in [-0.4, -0.2) is 67.9 Å². The zero-order chi connectivity index (χ0) is 24.0. The number of esters is 2. The van der Waals surface area contributed by atoms with Crippen molar-refractivity contribution in [3.63, 3.8) is 0 Å². The first-order valence-corrected chi connectivity index (χ1v) is 11.8. The molecule has 1 fully saturated rings. The Labute approximate surface area is 198 Å². The Morgan fingerprint density at radius 1 is 1.26 bits per heavy atom. The average molecular weight is 471 g/mol. The zero-order valence-corrected chi connectivity index (χ0v) is 19.7. The van der Waals surface area contributed by atoms with Crippen LogP contribution in [0.4, 0.5) is 4.79 Å². The van der Waals surface area contributed by atoms with Crippen LogP contribution in [0.3, 0.4) is 0 Å². The topological polar surface area (TPSA) is 103 Å². The van der Waals surface area contributed by atoms with E-state index in [9.17, 15) is 14.4 Å². The van der Waals surface area contributed by atoms with E-state index in [1.165, 1.54) is 12.5 Å². The van der Waals surface area contributed by atoms with Gasteiger partial charge in [-0.3, -0.25) is 9.59 Å². The zero-order valence-electron chi connectivity index (χ0n) is 19.7. The van der Waals surface area contributed by atoms with Crippen molar-refractivity contribution < 1.29 is 33.3 Å². The Bertz CT molecular complexity index is 1050. The summed E-state index contributed by atoms with van der Waals surface area (Å²) in [4.78, 5) is 38.2. The van der Waals surface area contributed by atoms with Gasteiger partial charge in [0.15, 0.2) is 17.6 Å². The van der Waals surface area contributed by atoms with Gasteiger partial charge in [0.05, 0.1) is 13.0 Å². The van der Waals surface area contributed by atoms with Gasteiger partial charge in [-0.25, -0.2) is 4.79 Å². The number of likely N-dealkylation sites (N-methyl/N-ethyl adjacent to an activating group) is 1. The molecule has 1 spiro atoms. The molecule has 9 heteroatoms. The number of nitrogens with one attached hydrogen (secondary N) is 1. The van der Waals surface area contributed by atoms with Crippen LogP contribution >= 0.6 is 0 Å². The summed E-state index contributed by atoms with van der Waals surface area (Å²) in [6.07, 6.45) is 4.20. The van der Waals surface area contributed by atoms with Crippen molar-refractivity contribution in [3.05, 3.63) is 35.4 Å². The Balaban J connectivity index is 1.43. The number of carbonyl (C=O) groups is 3. The molecule has 1 amide bonds. The van der Waals surface area contributed by atoms with Crippen LogP contribution < -0.4 is 14.8 Å². The third-order valence-electron chi connectivity index (χ3n) is 7.52. The summed E-state index contributed by atoms with van der Waals surface area (Å²) in [6.45, 7) is 4.42. The lowest BCUT2D eigenvalue weighted by atomic mass is 9.53. The molecule has 1 aromatic carbocycles. The maximum Gasteiger partial charge on any atom is 0.407 e. The third kappa shape index (κ3) is 3.53. The number of amides is 1. The second-order valence-electron chi connectivity index (χ2n) is 9.36. The maximum absolute atomic E-state index is 12.6. The molecule has 2 aliphatic carbocycles. The van der Waals surface area contributed by atoms with E-state index in [-0.39, 0.29) is 30.3 Å². The first kappa shape index (κ1) is 22.7. The number of benzene rings is 1. The summed E-state index contributed by atoms with van der Waals surface area (Å²) in [7, 11) is 2.15. The van der Waals surface area contributed by atoms with Crippen molar-refractivity contribution in [1.29, 1.82) is 0 Å². The number of carbonyl (C=O) groups excluding carboxylic acids is 3. The smallest absolute Gasteiger partial charge is 0.407 e. The summed E-state index contributed by atoms with van der Waals surface area (Å²) in [5, 5.41) is 2.63. The first-order chi connectivity index (χ1) is 16.3. The number of hydrogen-bond donors (Lipinski definition) is 1. The monoisotopic (exact) mass is 470 g/mol. The van der Waals surface area contributed by atoms with Gasteiger partial charge in [0, 0.05) is 36.4 Å². The van der Waals surface area contributed by atoms with Crippen LogP contribution in [-0.2, 0) is 30.9 Å². The van der Waals surface area contributed by atoms with E-state index in [2.05, 4.69) is 23.3 Å². The number of piperidine rings is 1. The molecule has 34 heavy (non-hydrogen) atoms. The fourth-order valence-electron chi connectivity index (χ4n) is 6.21. The molecule has 2 heterocycles. The molecule has 2 aliphatic heterocycles. The van der Waals surface area contributed by atoms with Gasteiger partial charge in [-0.05, 0) is 51.1 Å². The molecular weight excluding hydrogens is 440 g/mol. The van der Waals surface area contributed by atoms with Crippen LogP contribution in [0.5, 0.6) is 11.5 Å². The highest BCUT2D eigenvalue weighted by Gasteiger charge is 2.65. The lowest BCUT2D eigenvalue weighted by molar-refractivity contribution is -0.143. The highest BCUT2D eigenvalue weighted by molar-refractivity contribution is 5.73. The average Bonchev–Trinajstić information content (AvgIpc) is 3.14. The van der Waals surface area contributed by atoms with Gasteiger partial charge in [0.2, 0.25) is 0 Å². The molecule has 4 aliphatic rings. The van der Waals surface area contributed by atoms with Crippen molar-refractivity contribution in [3.8, 4) is 11.5 Å². The first-order valence-electron chi connectivity index (χ1n) is 11.8. The molecule has 0 unspecified atom stereocenters. The molecule has 0 saturated carbocycles. The molecule has 1 aromatic rings. The van der Waals surface area contributed by atoms with E-state index in [1.807, 2.05) is 12.1 Å². The number of alkyl carbamates (subject to hydrolysis) is 1. The summed E-state index contributed by atoms with van der Waals surface area (Å²) in [5.41, 5.74) is 1.92. The van der Waals surface area contributed by atoms with Crippen molar-refractivity contribution in [2.75, 3.05) is 26.7 Å². The molecule has 9 nitrogen and oxygen atoms in total. The molecule has 182 valence electrons. The minimum atomic E-state index is -0.619. The molecular formula is C25H30N2O7. The minimum absolute atomic E-state index is 0.0734. The van der Waals surface area contributed by atoms with E-state index in [0.717, 1.165) is 24.9 Å². The number of rotatable bonds is 6. The lowest BCUT2D eigenvalue weighted by Crippen LogP contribution is -2.65. The minimum Gasteiger partial charge on any atom is -0.481 e. The highest BCUT2D eigenvalue weighted by Crippen LogP contribution is 2.62. The summed E-state index contributed by atoms with van der Waals surface area (Å²) in [5.74, 6) is 0.410. The molecule has 0 radical (unpaired) electrons. The largest absolute Gasteiger partial charge is 0.481 e. The number of ether oxygens (including phenoxy) is 4. The Morgan fingerprint density at radius 3 is 2.85 bits per heavy atom. The molecule has 0 aromatic heterocycles. The molecule has 5 atom stereocenters. The second-order valence-corrected chi connectivity index (χ2v) is 9.36. The van der Waals surface area contributed by atoms with Crippen molar-refractivity contribution in [2.45, 2.75) is 56.8 Å². The van der Waals surface area contributed by atoms with Gasteiger partial charge in [-0.1, -0.05) is 12.1 Å². The third-order valence-corrected chi connectivity index (χ3v) is 7.52. The fourth-order valence-corrected chi connectivity index (χ4v) is 6.21. The summed E-state index contributed by atoms with van der Waals surface area (Å²) < 4.78 is 22.7. The maximum atomic E-state index is 12.6. The van der Waals surface area contributed by atoms with Gasteiger partial charge in [0.1, 0.15) is 6.10 Å². The quantitative estimate of drug-likeness (QED) is 0.383. The van der Waals surface area contributed by atoms with Gasteiger partial charge in [-0.15, -0.1) is 0 Å². The molecule has 2 bridgehead atoms. The van der Waals surface area contributed by atoms with Gasteiger partial charge < -0.3 is 29.2 Å². The van der Waals surface area contributed by atoms with Crippen LogP contribution in [0.15, 0.2) is 24.3 Å². The van der Waals surface area contributed by atoms with Crippen molar-refractivity contribution in [2.24, 2.45) is 5.92 Å². The normalized spacial score (nSPS) is 30.1. The van der Waals surface area contributed by atoms with Gasteiger partial charge in [0.25, 0.3) is 0 Å². The van der Waals surface area contributed by atoms with E-state index in [0.29, 0.717) is 24.1 Å². The number of hydrogen-bond acceptors (Lipinski definition) is 8. The molecule has 1 N–H and O–H groups in total. The Hall–Kier alpha value is -3.07. The highest BCUT2D eigenvalue weighted by atomic mass is 16.6. The fraction of sp³-hybridized carbons (Fsp3) is 0.560. The van der Waals surface area contributed by atoms with Crippen molar-refractivity contribution in [1.82, 2.24) is 10.2 Å². The predicted octanol–water partition coefficient (Wildman–Crippen LogP) is 2.10. The van der Waals surface area contributed by atoms with Gasteiger partial charge in [-0.2, -0.15) is 0 Å². The van der Waals surface area contributed by atoms with Gasteiger partial charge >= 0.3 is 18.0 Å². The lowest BCUT2D eigenvalue weighted by Gasteiger charge is -2.56. The van der Waals surface area contributed by atoms with E-state index in [1.54, 1.807) is 13.0 Å². The van der Waals surface area contributed by atoms with Crippen molar-refractivity contribution >= 4 is 18.0 Å². The van der Waals surface area contributed by atoms with Crippen LogP contribution in [0.2, 0.25) is 0 Å². The summed E-state index contributed by atoms with van der Waals surface area (Å²) in [6, 6.07) is 4.14. The Kier molecular flexibility index (Phi) is 5.75. The SMILES string of the molecule is CCOC(=O)CCNC(=O)O[C@H]1C=C[C@H]2[C@H]3Cc4ccc(OC(C)=O)c5c4[C@@]2(CCN3C)[C@H]1O5. The van der Waals surface area contributed by atoms with E-state index in [4.69, 9.17) is 18.9 Å². The predicted molar refractivity (Wildman–Crippen MR) is 121 cm³/mol. The second kappa shape index (κ2) is 8.61. The van der Waals surface area contributed by atoms with Crippen LogP contribution in [0.25, 0.3) is 0 Å². The van der Waals surface area contributed by atoms with E-state index >= 15 is 0 Å². The molecule has 1 saturated heterocycles. The number of likely N-dealkylation sites (tertiary alicyclic amines) is 1. The summed E-state index contributed by atoms with van der Waals surface area (Å²) >= 11 is 0.